The Morgan fingerprint density at radius 2 is 1.95 bits per heavy atom. The number of aromatic nitrogens is 1. The maximum atomic E-state index is 14.6. The maximum Gasteiger partial charge on any atom is 0.242 e. The number of pyridine rings is 1. The summed E-state index contributed by atoms with van der Waals surface area (Å²) < 4.78 is 44.7. The predicted molar refractivity (Wildman–Crippen MR) is 138 cm³/mol. The first kappa shape index (κ1) is 26.4. The molecule has 1 amide bonds. The van der Waals surface area contributed by atoms with Gasteiger partial charge in [0.2, 0.25) is 17.8 Å². The van der Waals surface area contributed by atoms with E-state index < -0.39 is 17.5 Å². The first-order chi connectivity index (χ1) is 17.8. The standard InChI is InChI=1S/C28H25ClF3N3O2/c1-3-23-20-14-19(30)9-12-24(20)34-26(36)7-5-4-6-17(15-33-23)25-13-8-18(16-35(25)37-2)27-22(31)11-10-21(29)28(27)32/h3,8-17H,4-7H2,1-2H3/p+1/b23-3-,33-15?. The number of amides is 1. The van der Waals surface area contributed by atoms with Crippen LogP contribution in [0.15, 0.2) is 59.7 Å². The van der Waals surface area contributed by atoms with E-state index in [4.69, 9.17) is 16.4 Å². The number of halogens is 4. The van der Waals surface area contributed by atoms with Gasteiger partial charge in [-0.1, -0.05) is 24.1 Å². The van der Waals surface area contributed by atoms with Gasteiger partial charge in [0.25, 0.3) is 0 Å². The van der Waals surface area contributed by atoms with Crippen LogP contribution < -0.4 is 14.9 Å². The minimum absolute atomic E-state index is 0.161. The van der Waals surface area contributed by atoms with Crippen LogP contribution in [0.4, 0.5) is 18.9 Å². The molecule has 1 aliphatic heterocycles. The molecule has 1 N–H and O–H groups in total. The molecule has 1 atom stereocenters. The number of nitrogens with one attached hydrogen (secondary N) is 1. The number of carbonyl (C=O) groups excluding carboxylic acids is 1. The van der Waals surface area contributed by atoms with Crippen LogP contribution in [0.25, 0.3) is 16.8 Å². The molecule has 0 bridgehead atoms. The Morgan fingerprint density at radius 1 is 1.14 bits per heavy atom. The lowest BCUT2D eigenvalue weighted by Crippen LogP contribution is -2.45. The summed E-state index contributed by atoms with van der Waals surface area (Å²) in [4.78, 5) is 22.7. The Balaban J connectivity index is 1.77. The van der Waals surface area contributed by atoms with Gasteiger partial charge >= 0.3 is 0 Å². The van der Waals surface area contributed by atoms with E-state index in [9.17, 15) is 18.0 Å². The first-order valence-corrected chi connectivity index (χ1v) is 12.2. The van der Waals surface area contributed by atoms with Crippen molar-refractivity contribution in [3.8, 4) is 11.1 Å². The van der Waals surface area contributed by atoms with Gasteiger partial charge in [-0.3, -0.25) is 14.6 Å². The summed E-state index contributed by atoms with van der Waals surface area (Å²) in [6, 6.07) is 9.75. The minimum atomic E-state index is -0.855. The molecule has 192 valence electrons. The zero-order valence-electron chi connectivity index (χ0n) is 20.4. The summed E-state index contributed by atoms with van der Waals surface area (Å²) in [5.74, 6) is -2.47. The SMILES string of the molecule is C/C=C1\N=CC(c2ccc(-c3c(F)ccc(Cl)c3F)c[n+]2OC)CCCCC(=O)Nc2ccc(F)cc21. The highest BCUT2D eigenvalue weighted by molar-refractivity contribution is 6.31. The van der Waals surface area contributed by atoms with Crippen molar-refractivity contribution in [2.24, 2.45) is 4.99 Å². The molecule has 9 heteroatoms. The van der Waals surface area contributed by atoms with E-state index in [1.807, 2.05) is 0 Å². The molecule has 1 aromatic heterocycles. The van der Waals surface area contributed by atoms with E-state index >= 15 is 0 Å². The molecule has 0 radical (unpaired) electrons. The van der Waals surface area contributed by atoms with E-state index in [-0.39, 0.29) is 28.0 Å². The van der Waals surface area contributed by atoms with Crippen molar-refractivity contribution in [1.29, 1.82) is 0 Å². The Hall–Kier alpha value is -3.65. The molecule has 0 spiro atoms. The second-order valence-electron chi connectivity index (χ2n) is 8.61. The summed E-state index contributed by atoms with van der Waals surface area (Å²) in [7, 11) is 1.45. The van der Waals surface area contributed by atoms with Gasteiger partial charge in [0.15, 0.2) is 5.82 Å². The highest BCUT2D eigenvalue weighted by Crippen LogP contribution is 2.32. The van der Waals surface area contributed by atoms with Gasteiger partial charge in [-0.05, 0) is 56.2 Å². The summed E-state index contributed by atoms with van der Waals surface area (Å²) in [6.45, 7) is 1.78. The fourth-order valence-corrected chi connectivity index (χ4v) is 4.50. The monoisotopic (exact) mass is 528 g/mol. The third kappa shape index (κ3) is 5.85. The zero-order chi connectivity index (χ0) is 26.5. The topological polar surface area (TPSA) is 54.6 Å². The van der Waals surface area contributed by atoms with Crippen molar-refractivity contribution in [3.05, 3.63) is 88.5 Å². The number of fused-ring (bicyclic) bond motifs is 1. The van der Waals surface area contributed by atoms with Crippen molar-refractivity contribution in [2.75, 3.05) is 12.4 Å². The van der Waals surface area contributed by atoms with E-state index in [0.29, 0.717) is 48.3 Å². The molecular weight excluding hydrogens is 503 g/mol. The summed E-state index contributed by atoms with van der Waals surface area (Å²) >= 11 is 5.88. The van der Waals surface area contributed by atoms with Gasteiger partial charge in [0, 0.05) is 29.0 Å². The van der Waals surface area contributed by atoms with Crippen LogP contribution >= 0.6 is 11.6 Å². The average Bonchev–Trinajstić information content (AvgIpc) is 2.88. The van der Waals surface area contributed by atoms with Crippen molar-refractivity contribution >= 4 is 35.1 Å². The zero-order valence-corrected chi connectivity index (χ0v) is 21.2. The fraction of sp³-hybridized carbons (Fsp3) is 0.250. The Bertz CT molecular complexity index is 1390. The lowest BCUT2D eigenvalue weighted by Gasteiger charge is -2.15. The quantitative estimate of drug-likeness (QED) is 0.312. The Kier molecular flexibility index (Phi) is 8.28. The van der Waals surface area contributed by atoms with Crippen molar-refractivity contribution in [3.63, 3.8) is 0 Å². The molecule has 3 aromatic rings. The van der Waals surface area contributed by atoms with Crippen LogP contribution in [0.1, 0.15) is 49.8 Å². The lowest BCUT2D eigenvalue weighted by atomic mass is 9.96. The largest absolute Gasteiger partial charge is 0.325 e. The van der Waals surface area contributed by atoms with E-state index in [0.717, 1.165) is 6.07 Å². The van der Waals surface area contributed by atoms with Gasteiger partial charge < -0.3 is 5.32 Å². The average molecular weight is 529 g/mol. The number of hydrogen-bond donors (Lipinski definition) is 1. The van der Waals surface area contributed by atoms with Crippen LogP contribution in [-0.2, 0) is 4.79 Å². The van der Waals surface area contributed by atoms with Crippen molar-refractivity contribution in [2.45, 2.75) is 38.5 Å². The molecule has 37 heavy (non-hydrogen) atoms. The summed E-state index contributed by atoms with van der Waals surface area (Å²) in [6.07, 6.45) is 7.27. The van der Waals surface area contributed by atoms with Crippen LogP contribution in [0.3, 0.4) is 0 Å². The smallest absolute Gasteiger partial charge is 0.242 e. The highest BCUT2D eigenvalue weighted by Gasteiger charge is 2.26. The number of hydrogen-bond acceptors (Lipinski definition) is 3. The number of benzene rings is 2. The molecule has 1 aliphatic rings. The highest BCUT2D eigenvalue weighted by atomic mass is 35.5. The van der Waals surface area contributed by atoms with Gasteiger partial charge in [0.1, 0.15) is 18.7 Å². The van der Waals surface area contributed by atoms with Gasteiger partial charge in [0.05, 0.1) is 33.5 Å². The van der Waals surface area contributed by atoms with Crippen molar-refractivity contribution < 1.29 is 27.5 Å². The van der Waals surface area contributed by atoms with E-state index in [1.165, 1.54) is 42.3 Å². The third-order valence-electron chi connectivity index (χ3n) is 6.22. The van der Waals surface area contributed by atoms with E-state index in [2.05, 4.69) is 10.3 Å². The normalized spacial score (nSPS) is 17.5. The second kappa shape index (κ2) is 11.6. The number of nitrogens with zero attached hydrogens (tertiary/aromatic N) is 2. The number of aliphatic imine (C=N–C) groups is 1. The number of rotatable bonds is 3. The molecule has 0 fully saturated rings. The molecule has 1 unspecified atom stereocenters. The van der Waals surface area contributed by atoms with Crippen LogP contribution in [0.5, 0.6) is 0 Å². The molecule has 0 saturated heterocycles. The third-order valence-corrected chi connectivity index (χ3v) is 6.51. The molecule has 4 rings (SSSR count). The van der Waals surface area contributed by atoms with Crippen LogP contribution in [0.2, 0.25) is 5.02 Å². The van der Waals surface area contributed by atoms with Crippen LogP contribution in [-0.4, -0.2) is 19.2 Å². The van der Waals surface area contributed by atoms with Crippen LogP contribution in [0, 0.1) is 17.5 Å². The molecule has 0 aliphatic carbocycles. The number of anilines is 1. The molecule has 2 aromatic carbocycles. The minimum Gasteiger partial charge on any atom is -0.325 e. The van der Waals surface area contributed by atoms with Gasteiger partial charge in [-0.15, -0.1) is 0 Å². The second-order valence-corrected chi connectivity index (χ2v) is 9.02. The number of allylic oxidation sites excluding steroid dienone is 1. The molecule has 2 heterocycles. The van der Waals surface area contributed by atoms with Gasteiger partial charge in [-0.2, -0.15) is 0 Å². The first-order valence-electron chi connectivity index (χ1n) is 11.9. The number of carbonyl (C=O) groups is 1. The summed E-state index contributed by atoms with van der Waals surface area (Å²) in [5, 5.41) is 2.67. The lowest BCUT2D eigenvalue weighted by molar-refractivity contribution is -0.890. The maximum absolute atomic E-state index is 14.6. The fourth-order valence-electron chi connectivity index (χ4n) is 4.35. The summed E-state index contributed by atoms with van der Waals surface area (Å²) in [5.41, 5.74) is 2.13. The van der Waals surface area contributed by atoms with E-state index in [1.54, 1.807) is 31.3 Å². The molecular formula is C28H26ClF3N3O2+. The predicted octanol–water partition coefficient (Wildman–Crippen LogP) is 6.50. The molecule has 0 saturated carbocycles. The molecule has 5 nitrogen and oxygen atoms in total. The Labute approximate surface area is 218 Å². The van der Waals surface area contributed by atoms with Crippen molar-refractivity contribution in [1.82, 2.24) is 0 Å². The van der Waals surface area contributed by atoms with Gasteiger partial charge in [-0.25, -0.2) is 13.2 Å². The Morgan fingerprint density at radius 3 is 2.70 bits per heavy atom.